The number of carbonyl (C=O) groups excluding carboxylic acids is 2. The highest BCUT2D eigenvalue weighted by atomic mass is 16.6. The first-order chi connectivity index (χ1) is 11.6. The molecule has 0 aliphatic carbocycles. The van der Waals surface area contributed by atoms with E-state index in [1.807, 2.05) is 25.7 Å². The van der Waals surface area contributed by atoms with Crippen LogP contribution in [-0.4, -0.2) is 53.6 Å². The summed E-state index contributed by atoms with van der Waals surface area (Å²) in [4.78, 5) is 27.9. The summed E-state index contributed by atoms with van der Waals surface area (Å²) >= 11 is 0. The van der Waals surface area contributed by atoms with E-state index in [0.717, 1.165) is 6.42 Å². The Morgan fingerprint density at radius 2 is 1.84 bits per heavy atom. The normalized spacial score (nSPS) is 20.5. The van der Waals surface area contributed by atoms with Crippen LogP contribution >= 0.6 is 0 Å². The van der Waals surface area contributed by atoms with Gasteiger partial charge in [0.2, 0.25) is 5.91 Å². The number of hydrogen-bond acceptors (Lipinski definition) is 3. The number of rotatable bonds is 3. The van der Waals surface area contributed by atoms with Gasteiger partial charge in [0.25, 0.3) is 0 Å². The number of aryl methyl sites for hydroxylation is 1. The van der Waals surface area contributed by atoms with Crippen LogP contribution in [-0.2, 0) is 9.53 Å². The molecule has 5 heteroatoms. The summed E-state index contributed by atoms with van der Waals surface area (Å²) < 4.78 is 5.31. The van der Waals surface area contributed by atoms with Gasteiger partial charge < -0.3 is 14.5 Å². The molecule has 0 bridgehead atoms. The fourth-order valence-electron chi connectivity index (χ4n) is 3.16. The minimum atomic E-state index is -0.564. The Hall–Kier alpha value is -2.04. The number of likely N-dealkylation sites (N-methyl/N-ethyl adjacent to an activating group) is 1. The summed E-state index contributed by atoms with van der Waals surface area (Å²) in [5.74, 6) is 0.321. The molecule has 5 nitrogen and oxygen atoms in total. The second kappa shape index (κ2) is 7.46. The van der Waals surface area contributed by atoms with Gasteiger partial charge in [0.1, 0.15) is 12.1 Å². The lowest BCUT2D eigenvalue weighted by atomic mass is 9.96. The lowest BCUT2D eigenvalue weighted by molar-refractivity contribution is -0.132. The third kappa shape index (κ3) is 5.21. The quantitative estimate of drug-likeness (QED) is 0.841. The molecule has 0 spiro atoms. The summed E-state index contributed by atoms with van der Waals surface area (Å²) in [6, 6.07) is 8.69. The van der Waals surface area contributed by atoms with E-state index in [1.165, 1.54) is 16.0 Å². The first-order valence-corrected chi connectivity index (χ1v) is 8.87. The molecule has 0 radical (unpaired) electrons. The predicted octanol–water partition coefficient (Wildman–Crippen LogP) is 3.57. The van der Waals surface area contributed by atoms with Crippen molar-refractivity contribution in [2.24, 2.45) is 0 Å². The Labute approximate surface area is 150 Å². The molecule has 25 heavy (non-hydrogen) atoms. The number of ether oxygens (including phenoxy) is 1. The number of likely N-dealkylation sites (tertiary alicyclic amines) is 1. The van der Waals surface area contributed by atoms with E-state index < -0.39 is 11.7 Å². The van der Waals surface area contributed by atoms with Crippen LogP contribution in [0.1, 0.15) is 51.2 Å². The van der Waals surface area contributed by atoms with Crippen LogP contribution in [0.15, 0.2) is 24.3 Å². The summed E-state index contributed by atoms with van der Waals surface area (Å²) in [5, 5.41) is 0. The highest BCUT2D eigenvalue weighted by Crippen LogP contribution is 2.31. The van der Waals surface area contributed by atoms with Gasteiger partial charge in [-0.2, -0.15) is 0 Å². The van der Waals surface area contributed by atoms with Gasteiger partial charge in [-0.05, 0) is 46.6 Å². The lowest BCUT2D eigenvalue weighted by Crippen LogP contribution is -2.44. The standard InChI is InChI=1S/C20H30N2O3/c1-14-7-9-16(10-8-14)17-11-15(2)22(12-17)18(23)13-21(6)19(24)25-20(3,4)5/h7-10,15,17H,11-13H2,1-6H3. The Morgan fingerprint density at radius 1 is 1.24 bits per heavy atom. The number of amides is 2. The van der Waals surface area contributed by atoms with Gasteiger partial charge in [0.15, 0.2) is 0 Å². The molecular weight excluding hydrogens is 316 g/mol. The van der Waals surface area contributed by atoms with Crippen molar-refractivity contribution in [1.29, 1.82) is 0 Å². The van der Waals surface area contributed by atoms with Crippen LogP contribution in [0.4, 0.5) is 4.79 Å². The Kier molecular flexibility index (Phi) is 5.76. The SMILES string of the molecule is Cc1ccc(C2CC(C)N(C(=O)CN(C)C(=O)OC(C)(C)C)C2)cc1. The molecule has 1 aliphatic rings. The van der Waals surface area contributed by atoms with Crippen molar-refractivity contribution in [1.82, 2.24) is 9.80 Å². The number of benzene rings is 1. The number of carbonyl (C=O) groups is 2. The van der Waals surface area contributed by atoms with Gasteiger partial charge in [0, 0.05) is 25.6 Å². The zero-order valence-electron chi connectivity index (χ0n) is 16.2. The molecule has 1 fully saturated rings. The van der Waals surface area contributed by atoms with Crippen molar-refractivity contribution >= 4 is 12.0 Å². The van der Waals surface area contributed by atoms with Crippen LogP contribution in [0.3, 0.4) is 0 Å². The minimum absolute atomic E-state index is 0.0320. The molecule has 1 saturated heterocycles. The first-order valence-electron chi connectivity index (χ1n) is 8.87. The number of hydrogen-bond donors (Lipinski definition) is 0. The smallest absolute Gasteiger partial charge is 0.410 e. The average molecular weight is 346 g/mol. The molecule has 2 rings (SSSR count). The largest absolute Gasteiger partial charge is 0.444 e. The fraction of sp³-hybridized carbons (Fsp3) is 0.600. The molecule has 0 aromatic heterocycles. The topological polar surface area (TPSA) is 49.9 Å². The molecule has 1 heterocycles. The second-order valence-electron chi connectivity index (χ2n) is 8.07. The zero-order chi connectivity index (χ0) is 18.8. The third-order valence-electron chi connectivity index (χ3n) is 4.52. The van der Waals surface area contributed by atoms with E-state index in [1.54, 1.807) is 7.05 Å². The third-order valence-corrected chi connectivity index (χ3v) is 4.52. The van der Waals surface area contributed by atoms with Gasteiger partial charge in [0.05, 0.1) is 0 Å². The summed E-state index contributed by atoms with van der Waals surface area (Å²) in [6.07, 6.45) is 0.480. The van der Waals surface area contributed by atoms with Gasteiger partial charge in [-0.3, -0.25) is 4.79 Å². The average Bonchev–Trinajstić information content (AvgIpc) is 2.88. The predicted molar refractivity (Wildman–Crippen MR) is 98.6 cm³/mol. The van der Waals surface area contributed by atoms with Gasteiger partial charge in [-0.25, -0.2) is 4.79 Å². The van der Waals surface area contributed by atoms with E-state index in [9.17, 15) is 9.59 Å². The molecule has 0 saturated carbocycles. The Morgan fingerprint density at radius 3 is 2.40 bits per heavy atom. The summed E-state index contributed by atoms with van der Waals surface area (Å²) in [7, 11) is 1.60. The Balaban J connectivity index is 1.95. The number of nitrogens with zero attached hydrogens (tertiary/aromatic N) is 2. The van der Waals surface area contributed by atoms with Crippen LogP contribution in [0, 0.1) is 6.92 Å². The molecule has 1 aliphatic heterocycles. The van der Waals surface area contributed by atoms with E-state index in [2.05, 4.69) is 38.1 Å². The van der Waals surface area contributed by atoms with E-state index in [-0.39, 0.29) is 18.5 Å². The molecular formula is C20H30N2O3. The van der Waals surface area contributed by atoms with E-state index >= 15 is 0 Å². The van der Waals surface area contributed by atoms with Crippen molar-refractivity contribution in [3.63, 3.8) is 0 Å². The maximum absolute atomic E-state index is 12.6. The molecule has 0 N–H and O–H groups in total. The van der Waals surface area contributed by atoms with Crippen molar-refractivity contribution in [2.45, 2.75) is 58.6 Å². The second-order valence-corrected chi connectivity index (χ2v) is 8.07. The van der Waals surface area contributed by atoms with Crippen LogP contribution in [0.25, 0.3) is 0 Å². The van der Waals surface area contributed by atoms with Crippen LogP contribution < -0.4 is 0 Å². The molecule has 2 atom stereocenters. The van der Waals surface area contributed by atoms with Crippen molar-refractivity contribution < 1.29 is 14.3 Å². The van der Waals surface area contributed by atoms with E-state index in [4.69, 9.17) is 4.74 Å². The monoisotopic (exact) mass is 346 g/mol. The van der Waals surface area contributed by atoms with Gasteiger partial charge >= 0.3 is 6.09 Å². The lowest BCUT2D eigenvalue weighted by Gasteiger charge is -2.27. The highest BCUT2D eigenvalue weighted by molar-refractivity contribution is 5.82. The molecule has 2 amide bonds. The fourth-order valence-corrected chi connectivity index (χ4v) is 3.16. The Bertz CT molecular complexity index is 619. The van der Waals surface area contributed by atoms with E-state index in [0.29, 0.717) is 12.5 Å². The first kappa shape index (κ1) is 19.3. The van der Waals surface area contributed by atoms with Crippen molar-refractivity contribution in [3.05, 3.63) is 35.4 Å². The molecule has 1 aromatic carbocycles. The molecule has 138 valence electrons. The maximum atomic E-state index is 12.6. The summed E-state index contributed by atoms with van der Waals surface area (Å²) in [5.41, 5.74) is 1.95. The maximum Gasteiger partial charge on any atom is 0.410 e. The van der Waals surface area contributed by atoms with Gasteiger partial charge in [-0.15, -0.1) is 0 Å². The van der Waals surface area contributed by atoms with Crippen LogP contribution in [0.5, 0.6) is 0 Å². The molecule has 1 aromatic rings. The van der Waals surface area contributed by atoms with Crippen LogP contribution in [0.2, 0.25) is 0 Å². The van der Waals surface area contributed by atoms with Crippen molar-refractivity contribution in [3.8, 4) is 0 Å². The minimum Gasteiger partial charge on any atom is -0.444 e. The summed E-state index contributed by atoms with van der Waals surface area (Å²) in [6.45, 7) is 10.3. The highest BCUT2D eigenvalue weighted by Gasteiger charge is 2.34. The molecule has 2 unspecified atom stereocenters. The van der Waals surface area contributed by atoms with Gasteiger partial charge in [-0.1, -0.05) is 29.8 Å². The zero-order valence-corrected chi connectivity index (χ0v) is 16.2. The van der Waals surface area contributed by atoms with Crippen molar-refractivity contribution in [2.75, 3.05) is 20.1 Å².